The van der Waals surface area contributed by atoms with Crippen LogP contribution in [0.1, 0.15) is 36.9 Å². The fraction of sp³-hybridized carbons (Fsp3) is 0.526. The summed E-state index contributed by atoms with van der Waals surface area (Å²) < 4.78 is 5.44. The Bertz CT molecular complexity index is 768. The number of aromatic nitrogens is 2. The number of nitrogens with zero attached hydrogens (tertiary/aromatic N) is 4. The van der Waals surface area contributed by atoms with E-state index in [0.29, 0.717) is 32.1 Å². The molecule has 1 fully saturated rings. The summed E-state index contributed by atoms with van der Waals surface area (Å²) in [5.41, 5.74) is 1.96. The van der Waals surface area contributed by atoms with Gasteiger partial charge in [0.1, 0.15) is 11.6 Å². The highest BCUT2D eigenvalue weighted by Gasteiger charge is 2.32. The molecule has 1 aromatic rings. The lowest BCUT2D eigenvalue weighted by molar-refractivity contribution is -0.118. The van der Waals surface area contributed by atoms with E-state index in [1.54, 1.807) is 11.0 Å². The van der Waals surface area contributed by atoms with Crippen molar-refractivity contribution >= 4 is 17.7 Å². The molecule has 1 amide bonds. The van der Waals surface area contributed by atoms with Crippen molar-refractivity contribution in [2.75, 3.05) is 42.6 Å². The molecule has 1 saturated heterocycles. The van der Waals surface area contributed by atoms with Gasteiger partial charge >= 0.3 is 0 Å². The first-order valence-electron chi connectivity index (χ1n) is 9.28. The molecule has 0 radical (unpaired) electrons. The highest BCUT2D eigenvalue weighted by atomic mass is 16.5. The first kappa shape index (κ1) is 17.0. The minimum Gasteiger partial charge on any atom is -0.508 e. The molecule has 1 N–H and O–H groups in total. The Morgan fingerprint density at radius 2 is 2.12 bits per heavy atom. The second kappa shape index (κ2) is 7.07. The van der Waals surface area contributed by atoms with E-state index < -0.39 is 0 Å². The van der Waals surface area contributed by atoms with Crippen LogP contribution in [0.15, 0.2) is 24.0 Å². The Labute approximate surface area is 153 Å². The highest BCUT2D eigenvalue weighted by molar-refractivity contribution is 5.94. The third-order valence-electron chi connectivity index (χ3n) is 5.15. The van der Waals surface area contributed by atoms with Gasteiger partial charge in [0.2, 0.25) is 11.9 Å². The molecule has 0 saturated carbocycles. The molecule has 0 bridgehead atoms. The summed E-state index contributed by atoms with van der Waals surface area (Å²) in [6.07, 6.45) is 7.53. The number of carbonyl (C=O) groups is 1. The highest BCUT2D eigenvalue weighted by Crippen LogP contribution is 2.37. The number of allylic oxidation sites excluding steroid dienone is 3. The Morgan fingerprint density at radius 1 is 1.31 bits per heavy atom. The summed E-state index contributed by atoms with van der Waals surface area (Å²) in [5, 5.41) is 9.93. The van der Waals surface area contributed by atoms with E-state index >= 15 is 0 Å². The van der Waals surface area contributed by atoms with E-state index in [1.807, 2.05) is 19.1 Å². The normalized spacial score (nSPS) is 22.3. The molecule has 26 heavy (non-hydrogen) atoms. The number of anilines is 2. The van der Waals surface area contributed by atoms with Crippen molar-refractivity contribution in [1.29, 1.82) is 0 Å². The van der Waals surface area contributed by atoms with Gasteiger partial charge in [-0.25, -0.2) is 4.98 Å². The maximum absolute atomic E-state index is 12.4. The summed E-state index contributed by atoms with van der Waals surface area (Å²) in [7, 11) is 0. The van der Waals surface area contributed by atoms with E-state index in [4.69, 9.17) is 14.7 Å². The third-order valence-corrected chi connectivity index (χ3v) is 5.15. The average Bonchev–Trinajstić information content (AvgIpc) is 3.11. The van der Waals surface area contributed by atoms with Crippen molar-refractivity contribution in [2.45, 2.75) is 32.1 Å². The number of amides is 1. The number of aliphatic hydroxyl groups is 1. The maximum Gasteiger partial charge on any atom is 0.227 e. The Kier molecular flexibility index (Phi) is 4.63. The summed E-state index contributed by atoms with van der Waals surface area (Å²) in [5.74, 6) is 1.75. The number of carbonyl (C=O) groups excluding carboxylic acids is 1. The fourth-order valence-electron chi connectivity index (χ4n) is 3.77. The second-order valence-corrected chi connectivity index (χ2v) is 6.80. The molecule has 0 aromatic carbocycles. The van der Waals surface area contributed by atoms with Crippen LogP contribution in [0.5, 0.6) is 0 Å². The molecular weight excluding hydrogens is 332 g/mol. The summed E-state index contributed by atoms with van der Waals surface area (Å²) >= 11 is 0. The molecule has 2 aliphatic heterocycles. The minimum absolute atomic E-state index is 0.00761. The number of morpholine rings is 1. The van der Waals surface area contributed by atoms with Crippen molar-refractivity contribution in [3.8, 4) is 0 Å². The van der Waals surface area contributed by atoms with Crippen LogP contribution in [0.4, 0.5) is 11.8 Å². The maximum atomic E-state index is 12.4. The van der Waals surface area contributed by atoms with Gasteiger partial charge in [-0.15, -0.1) is 0 Å². The number of hydrogen-bond acceptors (Lipinski definition) is 6. The number of rotatable bonds is 3. The van der Waals surface area contributed by atoms with E-state index in [0.717, 1.165) is 43.0 Å². The lowest BCUT2D eigenvalue weighted by atomic mass is 9.92. The van der Waals surface area contributed by atoms with Crippen LogP contribution in [0, 0.1) is 0 Å². The van der Waals surface area contributed by atoms with Gasteiger partial charge in [-0.2, -0.15) is 4.98 Å². The van der Waals surface area contributed by atoms with Crippen LogP contribution in [0.3, 0.4) is 0 Å². The van der Waals surface area contributed by atoms with Gasteiger partial charge in [-0.1, -0.05) is 13.0 Å². The van der Waals surface area contributed by atoms with Crippen molar-refractivity contribution in [3.63, 3.8) is 0 Å². The largest absolute Gasteiger partial charge is 0.508 e. The third kappa shape index (κ3) is 3.07. The van der Waals surface area contributed by atoms with Gasteiger partial charge in [0.25, 0.3) is 0 Å². The molecule has 7 nitrogen and oxygen atoms in total. The van der Waals surface area contributed by atoms with Gasteiger partial charge in [-0.05, 0) is 25.0 Å². The summed E-state index contributed by atoms with van der Waals surface area (Å²) in [4.78, 5) is 25.9. The number of ether oxygens (including phenoxy) is 1. The fourth-order valence-corrected chi connectivity index (χ4v) is 3.77. The molecule has 3 aliphatic rings. The lowest BCUT2D eigenvalue weighted by Crippen LogP contribution is -2.38. The van der Waals surface area contributed by atoms with E-state index in [9.17, 15) is 9.90 Å². The lowest BCUT2D eigenvalue weighted by Gasteiger charge is -2.29. The molecule has 1 aromatic heterocycles. The molecule has 0 spiro atoms. The zero-order chi connectivity index (χ0) is 18.1. The van der Waals surface area contributed by atoms with Crippen LogP contribution in [0.2, 0.25) is 0 Å². The van der Waals surface area contributed by atoms with Crippen LogP contribution in [-0.2, 0) is 16.0 Å². The number of hydrogen-bond donors (Lipinski definition) is 1. The van der Waals surface area contributed by atoms with Gasteiger partial charge in [0, 0.05) is 37.5 Å². The van der Waals surface area contributed by atoms with Gasteiger partial charge in [0.05, 0.1) is 18.9 Å². The zero-order valence-electron chi connectivity index (χ0n) is 15.0. The Balaban J connectivity index is 1.78. The van der Waals surface area contributed by atoms with Crippen molar-refractivity contribution in [2.24, 2.45) is 0 Å². The number of fused-ring (bicyclic) bond motifs is 1. The Hall–Kier alpha value is -2.41. The van der Waals surface area contributed by atoms with E-state index in [-0.39, 0.29) is 17.6 Å². The van der Waals surface area contributed by atoms with Crippen molar-refractivity contribution in [3.05, 3.63) is 35.2 Å². The minimum atomic E-state index is 0.00761. The number of aliphatic hydroxyl groups excluding tert-OH is 1. The first-order chi connectivity index (χ1) is 12.7. The first-order valence-corrected chi connectivity index (χ1v) is 9.28. The zero-order valence-corrected chi connectivity index (χ0v) is 15.0. The van der Waals surface area contributed by atoms with E-state index in [1.165, 1.54) is 0 Å². The SMILES string of the molecule is CCC(=O)N1CCc2c(C3C=C(O)C=CC3)nc(N3CCOCC3)nc21. The Morgan fingerprint density at radius 3 is 2.85 bits per heavy atom. The standard InChI is InChI=1S/C19H24N4O3/c1-2-16(25)23-7-6-15-17(13-4-3-5-14(24)12-13)20-19(21-18(15)23)22-8-10-26-11-9-22/h3,5,12-13,24H,2,4,6-11H2,1H3. The van der Waals surface area contributed by atoms with Crippen LogP contribution < -0.4 is 9.80 Å². The van der Waals surface area contributed by atoms with Crippen LogP contribution >= 0.6 is 0 Å². The smallest absolute Gasteiger partial charge is 0.227 e. The average molecular weight is 356 g/mol. The van der Waals surface area contributed by atoms with Crippen LogP contribution in [0.25, 0.3) is 0 Å². The monoisotopic (exact) mass is 356 g/mol. The molecule has 7 heteroatoms. The molecule has 3 heterocycles. The van der Waals surface area contributed by atoms with E-state index in [2.05, 4.69) is 4.90 Å². The molecule has 1 aliphatic carbocycles. The molecule has 138 valence electrons. The van der Waals surface area contributed by atoms with Crippen LogP contribution in [-0.4, -0.2) is 53.8 Å². The predicted molar refractivity (Wildman–Crippen MR) is 98.6 cm³/mol. The summed E-state index contributed by atoms with van der Waals surface area (Å²) in [6.45, 7) is 5.31. The molecule has 1 atom stereocenters. The van der Waals surface area contributed by atoms with Crippen molar-refractivity contribution < 1.29 is 14.6 Å². The second-order valence-electron chi connectivity index (χ2n) is 6.80. The van der Waals surface area contributed by atoms with Gasteiger partial charge in [0.15, 0.2) is 0 Å². The predicted octanol–water partition coefficient (Wildman–Crippen LogP) is 2.10. The van der Waals surface area contributed by atoms with Crippen molar-refractivity contribution in [1.82, 2.24) is 9.97 Å². The summed E-state index contributed by atoms with van der Waals surface area (Å²) in [6, 6.07) is 0. The quantitative estimate of drug-likeness (QED) is 0.893. The molecular formula is C19H24N4O3. The molecule has 1 unspecified atom stereocenters. The van der Waals surface area contributed by atoms with Gasteiger partial charge < -0.3 is 14.7 Å². The molecule has 4 rings (SSSR count). The van der Waals surface area contributed by atoms with Gasteiger partial charge in [-0.3, -0.25) is 9.69 Å². The topological polar surface area (TPSA) is 78.8 Å².